The van der Waals surface area contributed by atoms with Gasteiger partial charge in [0.15, 0.2) is 17.4 Å². The minimum absolute atomic E-state index is 0.107. The Morgan fingerprint density at radius 2 is 2.00 bits per heavy atom. The average Bonchev–Trinajstić information content (AvgIpc) is 2.38. The van der Waals surface area contributed by atoms with E-state index in [1.807, 2.05) is 0 Å². The molecule has 2 rings (SSSR count). The Morgan fingerprint density at radius 3 is 2.65 bits per heavy atom. The molecule has 0 atom stereocenters. The smallest absolute Gasteiger partial charge is 0.166 e. The predicted octanol–water partition coefficient (Wildman–Crippen LogP) is 1.69. The molecule has 1 aromatic carbocycles. The molecule has 0 spiro atoms. The second-order valence-electron chi connectivity index (χ2n) is 3.38. The van der Waals surface area contributed by atoms with Gasteiger partial charge in [-0.05, 0) is 23.8 Å². The van der Waals surface area contributed by atoms with Crippen molar-refractivity contribution in [2.45, 2.75) is 13.2 Å². The van der Waals surface area contributed by atoms with Crippen LogP contribution in [0.3, 0.4) is 0 Å². The fraction of sp³-hybridized carbons (Fsp3) is 0.167. The number of halogens is 1. The highest BCUT2D eigenvalue weighted by Gasteiger charge is 2.05. The van der Waals surface area contributed by atoms with Gasteiger partial charge in [-0.1, -0.05) is 6.07 Å². The van der Waals surface area contributed by atoms with E-state index in [0.29, 0.717) is 11.4 Å². The standard InChI is InChI=1S/C12H11FN2O2/c13-10-6-9(7-16)2-3-11(10)17-8-12-14-4-1-5-15-12/h1-6,16H,7-8H2. The lowest BCUT2D eigenvalue weighted by Gasteiger charge is -2.06. The van der Waals surface area contributed by atoms with Crippen molar-refractivity contribution in [2.24, 2.45) is 0 Å². The molecule has 4 nitrogen and oxygen atoms in total. The maximum absolute atomic E-state index is 13.5. The Balaban J connectivity index is 2.04. The lowest BCUT2D eigenvalue weighted by molar-refractivity contribution is 0.273. The van der Waals surface area contributed by atoms with Gasteiger partial charge in [0.05, 0.1) is 6.61 Å². The van der Waals surface area contributed by atoms with Crippen LogP contribution < -0.4 is 4.74 Å². The zero-order chi connectivity index (χ0) is 12.1. The van der Waals surface area contributed by atoms with Crippen LogP contribution >= 0.6 is 0 Å². The Hall–Kier alpha value is -2.01. The largest absolute Gasteiger partial charge is 0.483 e. The molecule has 88 valence electrons. The van der Waals surface area contributed by atoms with Crippen molar-refractivity contribution in [1.29, 1.82) is 0 Å². The molecule has 0 radical (unpaired) electrons. The van der Waals surface area contributed by atoms with E-state index in [1.165, 1.54) is 12.1 Å². The summed E-state index contributed by atoms with van der Waals surface area (Å²) >= 11 is 0. The number of hydrogen-bond donors (Lipinski definition) is 1. The van der Waals surface area contributed by atoms with E-state index in [4.69, 9.17) is 9.84 Å². The summed E-state index contributed by atoms with van der Waals surface area (Å²) in [5.41, 5.74) is 0.505. The molecule has 5 heteroatoms. The number of rotatable bonds is 4. The van der Waals surface area contributed by atoms with Crippen LogP contribution in [0.2, 0.25) is 0 Å². The molecule has 0 amide bonds. The SMILES string of the molecule is OCc1ccc(OCc2ncccn2)c(F)c1. The van der Waals surface area contributed by atoms with Gasteiger partial charge >= 0.3 is 0 Å². The highest BCUT2D eigenvalue weighted by atomic mass is 19.1. The number of aromatic nitrogens is 2. The molecule has 17 heavy (non-hydrogen) atoms. The Bertz CT molecular complexity index is 491. The van der Waals surface area contributed by atoms with Gasteiger partial charge in [-0.2, -0.15) is 0 Å². The Morgan fingerprint density at radius 1 is 1.24 bits per heavy atom. The maximum Gasteiger partial charge on any atom is 0.166 e. The van der Waals surface area contributed by atoms with Crippen LogP contribution in [-0.2, 0) is 13.2 Å². The zero-order valence-electron chi connectivity index (χ0n) is 9.01. The van der Waals surface area contributed by atoms with Crippen molar-refractivity contribution < 1.29 is 14.2 Å². The van der Waals surface area contributed by atoms with E-state index < -0.39 is 5.82 Å². The number of aliphatic hydroxyl groups is 1. The van der Waals surface area contributed by atoms with Crippen molar-refractivity contribution in [3.63, 3.8) is 0 Å². The topological polar surface area (TPSA) is 55.2 Å². The third kappa shape index (κ3) is 2.98. The molecule has 1 heterocycles. The first-order valence-corrected chi connectivity index (χ1v) is 5.07. The summed E-state index contributed by atoms with van der Waals surface area (Å²) in [5, 5.41) is 8.83. The van der Waals surface area contributed by atoms with E-state index in [1.54, 1.807) is 24.5 Å². The van der Waals surface area contributed by atoms with Gasteiger partial charge in [-0.15, -0.1) is 0 Å². The Labute approximate surface area is 97.7 Å². The number of nitrogens with zero attached hydrogens (tertiary/aromatic N) is 2. The van der Waals surface area contributed by atoms with Gasteiger partial charge in [-0.3, -0.25) is 0 Å². The third-order valence-corrected chi connectivity index (χ3v) is 2.15. The number of aliphatic hydroxyl groups excluding tert-OH is 1. The summed E-state index contributed by atoms with van der Waals surface area (Å²) in [6, 6.07) is 6.01. The monoisotopic (exact) mass is 234 g/mol. The van der Waals surface area contributed by atoms with E-state index in [2.05, 4.69) is 9.97 Å². The molecule has 0 aliphatic heterocycles. The van der Waals surface area contributed by atoms with Crippen LogP contribution in [0.15, 0.2) is 36.7 Å². The van der Waals surface area contributed by atoms with Crippen molar-refractivity contribution >= 4 is 0 Å². The van der Waals surface area contributed by atoms with E-state index in [9.17, 15) is 4.39 Å². The molecule has 2 aromatic rings. The van der Waals surface area contributed by atoms with Gasteiger partial charge in [-0.25, -0.2) is 14.4 Å². The van der Waals surface area contributed by atoms with Crippen LogP contribution in [0.4, 0.5) is 4.39 Å². The van der Waals surface area contributed by atoms with Crippen LogP contribution in [0.1, 0.15) is 11.4 Å². The lowest BCUT2D eigenvalue weighted by Crippen LogP contribution is -2.02. The van der Waals surface area contributed by atoms with Crippen LogP contribution in [0, 0.1) is 5.82 Å². The maximum atomic E-state index is 13.5. The number of hydrogen-bond acceptors (Lipinski definition) is 4. The minimum Gasteiger partial charge on any atom is -0.483 e. The molecule has 1 N–H and O–H groups in total. The summed E-state index contributed by atoms with van der Waals surface area (Å²) in [6.07, 6.45) is 3.19. The molecular weight excluding hydrogens is 223 g/mol. The summed E-state index contributed by atoms with van der Waals surface area (Å²) in [7, 11) is 0. The quantitative estimate of drug-likeness (QED) is 0.874. The van der Waals surface area contributed by atoms with E-state index in [-0.39, 0.29) is 19.0 Å². The molecule has 1 aromatic heterocycles. The summed E-state index contributed by atoms with van der Waals surface area (Å²) in [5.74, 6) is 0.0975. The first-order chi connectivity index (χ1) is 8.29. The molecule has 0 fully saturated rings. The molecule has 0 bridgehead atoms. The fourth-order valence-corrected chi connectivity index (χ4v) is 1.31. The summed E-state index contributed by atoms with van der Waals surface area (Å²) in [4.78, 5) is 7.92. The fourth-order valence-electron chi connectivity index (χ4n) is 1.31. The average molecular weight is 234 g/mol. The van der Waals surface area contributed by atoms with Crippen molar-refractivity contribution in [2.75, 3.05) is 0 Å². The van der Waals surface area contributed by atoms with Gasteiger partial charge in [0.25, 0.3) is 0 Å². The first-order valence-electron chi connectivity index (χ1n) is 5.07. The highest BCUT2D eigenvalue weighted by molar-refractivity contribution is 5.29. The molecule has 0 saturated carbocycles. The second kappa shape index (κ2) is 5.36. The van der Waals surface area contributed by atoms with Crippen LogP contribution in [0.25, 0.3) is 0 Å². The van der Waals surface area contributed by atoms with Crippen molar-refractivity contribution in [3.05, 3.63) is 53.9 Å². The van der Waals surface area contributed by atoms with Crippen LogP contribution in [0.5, 0.6) is 5.75 Å². The molecular formula is C12H11FN2O2. The van der Waals surface area contributed by atoms with Gasteiger partial charge in [0.2, 0.25) is 0 Å². The van der Waals surface area contributed by atoms with Gasteiger partial charge in [0, 0.05) is 12.4 Å². The molecule has 0 aliphatic rings. The van der Waals surface area contributed by atoms with E-state index >= 15 is 0 Å². The number of benzene rings is 1. The van der Waals surface area contributed by atoms with Gasteiger partial charge in [0.1, 0.15) is 6.61 Å². The second-order valence-corrected chi connectivity index (χ2v) is 3.38. The highest BCUT2D eigenvalue weighted by Crippen LogP contribution is 2.19. The molecule has 0 aliphatic carbocycles. The Kier molecular flexibility index (Phi) is 3.62. The number of ether oxygens (including phenoxy) is 1. The van der Waals surface area contributed by atoms with Crippen molar-refractivity contribution in [3.8, 4) is 5.75 Å². The minimum atomic E-state index is -0.507. The van der Waals surface area contributed by atoms with Crippen LogP contribution in [-0.4, -0.2) is 15.1 Å². The third-order valence-electron chi connectivity index (χ3n) is 2.15. The predicted molar refractivity (Wildman–Crippen MR) is 58.7 cm³/mol. The summed E-state index contributed by atoms with van der Waals surface area (Å²) < 4.78 is 18.7. The van der Waals surface area contributed by atoms with E-state index in [0.717, 1.165) is 0 Å². The normalized spacial score (nSPS) is 10.2. The van der Waals surface area contributed by atoms with Gasteiger partial charge < -0.3 is 9.84 Å². The first kappa shape index (κ1) is 11.5. The zero-order valence-corrected chi connectivity index (χ0v) is 9.01. The van der Waals surface area contributed by atoms with Crippen molar-refractivity contribution in [1.82, 2.24) is 9.97 Å². The molecule has 0 unspecified atom stereocenters. The lowest BCUT2D eigenvalue weighted by atomic mass is 10.2. The summed E-state index contributed by atoms with van der Waals surface area (Å²) in [6.45, 7) is -0.0881. The molecule has 0 saturated heterocycles.